The molecule has 112 valence electrons. The molecule has 0 atom stereocenters. The van der Waals surface area contributed by atoms with Gasteiger partial charge < -0.3 is 19.5 Å². The predicted molar refractivity (Wildman–Crippen MR) is 79.9 cm³/mol. The van der Waals surface area contributed by atoms with Crippen LogP contribution in [0.4, 0.5) is 0 Å². The van der Waals surface area contributed by atoms with Crippen LogP contribution >= 0.6 is 11.6 Å². The van der Waals surface area contributed by atoms with Crippen molar-refractivity contribution in [1.29, 1.82) is 0 Å². The lowest BCUT2D eigenvalue weighted by Crippen LogP contribution is -2.15. The van der Waals surface area contributed by atoms with E-state index in [1.54, 1.807) is 14.2 Å². The summed E-state index contributed by atoms with van der Waals surface area (Å²) in [6.45, 7) is 2.05. The Hall–Kier alpha value is -0.970. The van der Waals surface area contributed by atoms with E-state index in [1.165, 1.54) is 12.8 Å². The first-order valence-corrected chi connectivity index (χ1v) is 7.34. The summed E-state index contributed by atoms with van der Waals surface area (Å²) in [5.41, 5.74) is 1.04. The average Bonchev–Trinajstić information content (AvgIpc) is 3.27. The molecule has 0 spiro atoms. The third kappa shape index (κ3) is 4.54. The van der Waals surface area contributed by atoms with Gasteiger partial charge in [-0.3, -0.25) is 0 Å². The maximum atomic E-state index is 6.27. The zero-order valence-corrected chi connectivity index (χ0v) is 12.8. The number of hydrogen-bond acceptors (Lipinski definition) is 4. The summed E-state index contributed by atoms with van der Waals surface area (Å²) in [6.07, 6.45) is 3.36. The molecule has 20 heavy (non-hydrogen) atoms. The van der Waals surface area contributed by atoms with Gasteiger partial charge in [-0.2, -0.15) is 0 Å². The standard InChI is InChI=1S/C15H22ClNO3/c1-18-6-3-7-20-15-8-11(10-17-12-4-5-12)13(16)9-14(15)19-2/h8-9,12,17H,3-7,10H2,1-2H3. The third-order valence-corrected chi connectivity index (χ3v) is 3.59. The highest BCUT2D eigenvalue weighted by molar-refractivity contribution is 6.31. The second-order valence-electron chi connectivity index (χ2n) is 4.94. The molecule has 0 unspecified atom stereocenters. The summed E-state index contributed by atoms with van der Waals surface area (Å²) < 4.78 is 16.1. The van der Waals surface area contributed by atoms with Crippen LogP contribution in [-0.2, 0) is 11.3 Å². The van der Waals surface area contributed by atoms with E-state index in [1.807, 2.05) is 12.1 Å². The van der Waals surface area contributed by atoms with Crippen LogP contribution in [-0.4, -0.2) is 33.5 Å². The fourth-order valence-electron chi connectivity index (χ4n) is 1.91. The number of methoxy groups -OCH3 is 2. The molecule has 1 aromatic rings. The summed E-state index contributed by atoms with van der Waals surface area (Å²) >= 11 is 6.27. The van der Waals surface area contributed by atoms with Crippen molar-refractivity contribution in [3.8, 4) is 11.5 Å². The minimum atomic E-state index is 0.599. The predicted octanol–water partition coefficient (Wildman–Crippen LogP) is 3.02. The lowest BCUT2D eigenvalue weighted by Gasteiger charge is -2.14. The smallest absolute Gasteiger partial charge is 0.162 e. The normalized spacial score (nSPS) is 14.3. The van der Waals surface area contributed by atoms with Crippen LogP contribution in [0.25, 0.3) is 0 Å². The molecule has 0 saturated heterocycles. The molecule has 1 fully saturated rings. The lowest BCUT2D eigenvalue weighted by molar-refractivity contribution is 0.170. The second kappa shape index (κ2) is 7.72. The van der Waals surface area contributed by atoms with Crippen LogP contribution in [0.15, 0.2) is 12.1 Å². The fourth-order valence-corrected chi connectivity index (χ4v) is 2.13. The van der Waals surface area contributed by atoms with Gasteiger partial charge in [0.05, 0.1) is 13.7 Å². The Morgan fingerprint density at radius 3 is 2.65 bits per heavy atom. The van der Waals surface area contributed by atoms with E-state index in [-0.39, 0.29) is 0 Å². The van der Waals surface area contributed by atoms with Crippen molar-refractivity contribution in [2.45, 2.75) is 31.8 Å². The Bertz CT molecular complexity index is 435. The fraction of sp³-hybridized carbons (Fsp3) is 0.600. The van der Waals surface area contributed by atoms with Crippen LogP contribution in [0.2, 0.25) is 5.02 Å². The Balaban J connectivity index is 2.00. The van der Waals surface area contributed by atoms with Crippen molar-refractivity contribution < 1.29 is 14.2 Å². The van der Waals surface area contributed by atoms with Gasteiger partial charge in [0.2, 0.25) is 0 Å². The summed E-state index contributed by atoms with van der Waals surface area (Å²) in [7, 11) is 3.31. The molecular weight excluding hydrogens is 278 g/mol. The van der Waals surface area contributed by atoms with Gasteiger partial charge in [-0.15, -0.1) is 0 Å². The minimum absolute atomic E-state index is 0.599. The number of hydrogen-bond donors (Lipinski definition) is 1. The van der Waals surface area contributed by atoms with E-state index in [9.17, 15) is 0 Å². The zero-order chi connectivity index (χ0) is 14.4. The molecule has 1 aliphatic rings. The zero-order valence-electron chi connectivity index (χ0n) is 12.1. The van der Waals surface area contributed by atoms with Crippen molar-refractivity contribution >= 4 is 11.6 Å². The highest BCUT2D eigenvalue weighted by atomic mass is 35.5. The Morgan fingerprint density at radius 2 is 2.00 bits per heavy atom. The molecule has 0 aromatic heterocycles. The van der Waals surface area contributed by atoms with E-state index in [0.717, 1.165) is 24.3 Å². The van der Waals surface area contributed by atoms with Crippen molar-refractivity contribution in [2.75, 3.05) is 27.4 Å². The molecule has 0 radical (unpaired) electrons. The van der Waals surface area contributed by atoms with Crippen LogP contribution in [0.1, 0.15) is 24.8 Å². The average molecular weight is 300 g/mol. The number of rotatable bonds is 9. The van der Waals surface area contributed by atoms with Gasteiger partial charge in [-0.05, 0) is 24.5 Å². The molecule has 1 aromatic carbocycles. The van der Waals surface area contributed by atoms with Gasteiger partial charge in [0.1, 0.15) is 0 Å². The molecule has 4 nitrogen and oxygen atoms in total. The van der Waals surface area contributed by atoms with Gasteiger partial charge >= 0.3 is 0 Å². The summed E-state index contributed by atoms with van der Waals surface area (Å²) in [6, 6.07) is 4.43. The van der Waals surface area contributed by atoms with E-state index < -0.39 is 0 Å². The highest BCUT2D eigenvalue weighted by Gasteiger charge is 2.21. The van der Waals surface area contributed by atoms with Crippen LogP contribution in [0.5, 0.6) is 11.5 Å². The molecule has 0 bridgehead atoms. The van der Waals surface area contributed by atoms with Crippen molar-refractivity contribution in [3.63, 3.8) is 0 Å². The highest BCUT2D eigenvalue weighted by Crippen LogP contribution is 2.34. The Morgan fingerprint density at radius 1 is 1.20 bits per heavy atom. The number of ether oxygens (including phenoxy) is 3. The van der Waals surface area contributed by atoms with E-state index >= 15 is 0 Å². The van der Waals surface area contributed by atoms with E-state index in [4.69, 9.17) is 25.8 Å². The first kappa shape index (κ1) is 15.4. The van der Waals surface area contributed by atoms with Crippen molar-refractivity contribution in [3.05, 3.63) is 22.7 Å². The van der Waals surface area contributed by atoms with Gasteiger partial charge in [-0.25, -0.2) is 0 Å². The third-order valence-electron chi connectivity index (χ3n) is 3.24. The van der Waals surface area contributed by atoms with Gasteiger partial charge in [0.25, 0.3) is 0 Å². The second-order valence-corrected chi connectivity index (χ2v) is 5.35. The van der Waals surface area contributed by atoms with Crippen LogP contribution in [0.3, 0.4) is 0 Å². The van der Waals surface area contributed by atoms with E-state index in [0.29, 0.717) is 30.0 Å². The Kier molecular flexibility index (Phi) is 5.95. The number of halogens is 1. The first-order valence-electron chi connectivity index (χ1n) is 6.96. The Labute approximate surface area is 125 Å². The van der Waals surface area contributed by atoms with Gasteiger partial charge in [0, 0.05) is 43.8 Å². The number of benzene rings is 1. The molecular formula is C15H22ClNO3. The summed E-state index contributed by atoms with van der Waals surface area (Å²) in [5, 5.41) is 4.16. The van der Waals surface area contributed by atoms with Crippen LogP contribution < -0.4 is 14.8 Å². The monoisotopic (exact) mass is 299 g/mol. The first-order chi connectivity index (χ1) is 9.74. The molecule has 0 heterocycles. The summed E-state index contributed by atoms with van der Waals surface area (Å²) in [5.74, 6) is 1.41. The van der Waals surface area contributed by atoms with Gasteiger partial charge in [0.15, 0.2) is 11.5 Å². The maximum absolute atomic E-state index is 6.27. The quantitative estimate of drug-likeness (QED) is 0.712. The molecule has 0 amide bonds. The number of nitrogens with one attached hydrogen (secondary N) is 1. The topological polar surface area (TPSA) is 39.7 Å². The molecule has 1 N–H and O–H groups in total. The molecule has 1 aliphatic carbocycles. The van der Waals surface area contributed by atoms with Gasteiger partial charge in [-0.1, -0.05) is 11.6 Å². The van der Waals surface area contributed by atoms with Crippen molar-refractivity contribution in [2.24, 2.45) is 0 Å². The maximum Gasteiger partial charge on any atom is 0.162 e. The van der Waals surface area contributed by atoms with Crippen molar-refractivity contribution in [1.82, 2.24) is 5.32 Å². The minimum Gasteiger partial charge on any atom is -0.493 e. The SMILES string of the molecule is COCCCOc1cc(CNC2CC2)c(Cl)cc1OC. The van der Waals surface area contributed by atoms with Crippen LogP contribution in [0, 0.1) is 0 Å². The molecule has 5 heteroatoms. The van der Waals surface area contributed by atoms with E-state index in [2.05, 4.69) is 5.32 Å². The molecule has 2 rings (SSSR count). The lowest BCUT2D eigenvalue weighted by atomic mass is 10.2. The largest absolute Gasteiger partial charge is 0.493 e. The summed E-state index contributed by atoms with van der Waals surface area (Å²) in [4.78, 5) is 0. The molecule has 1 saturated carbocycles. The molecule has 0 aliphatic heterocycles.